The van der Waals surface area contributed by atoms with E-state index in [1.807, 2.05) is 6.92 Å². The fourth-order valence-corrected chi connectivity index (χ4v) is 3.11. The maximum atomic E-state index is 11.9. The fourth-order valence-electron chi connectivity index (χ4n) is 3.11. The monoisotopic (exact) mass is 518 g/mol. The van der Waals surface area contributed by atoms with Crippen LogP contribution in [0.5, 0.6) is 5.75 Å². The zero-order valence-electron chi connectivity index (χ0n) is 17.8. The smallest absolute Gasteiger partial charge is 0.239 e. The van der Waals surface area contributed by atoms with Gasteiger partial charge in [0.2, 0.25) is 5.91 Å². The fraction of sp³-hybridized carbons (Fsp3) is 0.619. The van der Waals surface area contributed by atoms with E-state index in [4.69, 9.17) is 9.47 Å². The lowest BCUT2D eigenvalue weighted by molar-refractivity contribution is -0.120. The van der Waals surface area contributed by atoms with Crippen LogP contribution in [0.25, 0.3) is 0 Å². The Bertz CT molecular complexity index is 649. The van der Waals surface area contributed by atoms with E-state index >= 15 is 0 Å². The number of guanidine groups is 1. The Labute approximate surface area is 191 Å². The van der Waals surface area contributed by atoms with E-state index in [0.717, 1.165) is 30.7 Å². The minimum Gasteiger partial charge on any atom is -0.490 e. The molecule has 0 spiro atoms. The Morgan fingerprint density at radius 2 is 1.97 bits per heavy atom. The molecular weight excluding hydrogens is 483 g/mol. The summed E-state index contributed by atoms with van der Waals surface area (Å²) in [7, 11) is 1.61. The number of methoxy groups -OCH3 is 1. The maximum absolute atomic E-state index is 11.9. The van der Waals surface area contributed by atoms with Crippen molar-refractivity contribution >= 4 is 35.8 Å². The van der Waals surface area contributed by atoms with E-state index < -0.39 is 0 Å². The van der Waals surface area contributed by atoms with Gasteiger partial charge in [-0.3, -0.25) is 4.79 Å². The van der Waals surface area contributed by atoms with Crippen molar-refractivity contribution < 1.29 is 14.3 Å². The molecule has 2 rings (SSSR count). The summed E-state index contributed by atoms with van der Waals surface area (Å²) in [6, 6.07) is 6.24. The summed E-state index contributed by atoms with van der Waals surface area (Å²) in [5.41, 5.74) is 2.23. The zero-order valence-corrected chi connectivity index (χ0v) is 20.1. The number of nitrogens with zero attached hydrogens (tertiary/aromatic N) is 1. The standard InChI is InChI=1S/C21H34N4O3.HI/c1-4-22-21(25-15-20(26)23-11-12-27-3)24-14-17-10-9-16(2)13-19(17)28-18-7-5-6-8-18;/h9-10,13,18H,4-8,11-12,14-15H2,1-3H3,(H,23,26)(H2,22,24,25);1H. The first-order valence-electron chi connectivity index (χ1n) is 10.2. The maximum Gasteiger partial charge on any atom is 0.239 e. The van der Waals surface area contributed by atoms with E-state index in [1.54, 1.807) is 7.11 Å². The van der Waals surface area contributed by atoms with Crippen molar-refractivity contribution in [2.45, 2.75) is 52.2 Å². The van der Waals surface area contributed by atoms with Crippen LogP contribution in [0.1, 0.15) is 43.7 Å². The molecule has 0 bridgehead atoms. The molecule has 1 aromatic rings. The summed E-state index contributed by atoms with van der Waals surface area (Å²) >= 11 is 0. The molecule has 1 amide bonds. The lowest BCUT2D eigenvalue weighted by atomic mass is 10.1. The normalized spacial score (nSPS) is 14.2. The Morgan fingerprint density at radius 1 is 1.21 bits per heavy atom. The van der Waals surface area contributed by atoms with Crippen LogP contribution in [0.15, 0.2) is 23.2 Å². The van der Waals surface area contributed by atoms with Gasteiger partial charge in [-0.1, -0.05) is 12.1 Å². The van der Waals surface area contributed by atoms with Gasteiger partial charge in [0.1, 0.15) is 5.75 Å². The average Bonchev–Trinajstić information content (AvgIpc) is 3.18. The molecule has 0 saturated heterocycles. The van der Waals surface area contributed by atoms with Gasteiger partial charge in [0.15, 0.2) is 5.96 Å². The van der Waals surface area contributed by atoms with Gasteiger partial charge < -0.3 is 25.4 Å². The number of nitrogens with one attached hydrogen (secondary N) is 3. The molecule has 0 unspecified atom stereocenters. The summed E-state index contributed by atoms with van der Waals surface area (Å²) in [4.78, 5) is 16.5. The Morgan fingerprint density at radius 3 is 2.66 bits per heavy atom. The minimum atomic E-state index is -0.0942. The highest BCUT2D eigenvalue weighted by molar-refractivity contribution is 14.0. The van der Waals surface area contributed by atoms with Crippen molar-refractivity contribution in [2.75, 3.05) is 33.4 Å². The Kier molecular flexibility index (Phi) is 12.7. The number of hydrogen-bond donors (Lipinski definition) is 3. The number of halogens is 1. The molecule has 164 valence electrons. The summed E-state index contributed by atoms with van der Waals surface area (Å²) < 4.78 is 11.2. The van der Waals surface area contributed by atoms with Crippen LogP contribution in [-0.4, -0.2) is 51.3 Å². The van der Waals surface area contributed by atoms with Crippen LogP contribution < -0.4 is 20.7 Å². The molecular formula is C21H35IN4O3. The average molecular weight is 518 g/mol. The van der Waals surface area contributed by atoms with E-state index in [2.05, 4.69) is 46.1 Å². The Balaban J connectivity index is 0.00000420. The number of ether oxygens (including phenoxy) is 2. The van der Waals surface area contributed by atoms with Crippen molar-refractivity contribution in [3.05, 3.63) is 29.3 Å². The molecule has 1 aliphatic rings. The third-order valence-corrected chi connectivity index (χ3v) is 4.61. The molecule has 0 aliphatic heterocycles. The highest BCUT2D eigenvalue weighted by Gasteiger charge is 2.18. The molecule has 0 atom stereocenters. The topological polar surface area (TPSA) is 84.0 Å². The van der Waals surface area contributed by atoms with Crippen molar-refractivity contribution in [3.63, 3.8) is 0 Å². The van der Waals surface area contributed by atoms with E-state index in [0.29, 0.717) is 31.8 Å². The SMILES string of the molecule is CCNC(=NCc1ccc(C)cc1OC1CCCC1)NCC(=O)NCCOC.I. The number of carbonyl (C=O) groups is 1. The predicted molar refractivity (Wildman–Crippen MR) is 127 cm³/mol. The van der Waals surface area contributed by atoms with Crippen molar-refractivity contribution in [1.29, 1.82) is 0 Å². The number of aliphatic imine (C=N–C) groups is 1. The second-order valence-corrected chi connectivity index (χ2v) is 7.03. The number of amides is 1. The van der Waals surface area contributed by atoms with Gasteiger partial charge in [-0.2, -0.15) is 0 Å². The molecule has 0 aromatic heterocycles. The molecule has 1 saturated carbocycles. The third-order valence-electron chi connectivity index (χ3n) is 4.61. The number of hydrogen-bond acceptors (Lipinski definition) is 4. The first kappa shape index (κ1) is 25.5. The summed E-state index contributed by atoms with van der Waals surface area (Å²) in [5.74, 6) is 1.43. The quantitative estimate of drug-likeness (QED) is 0.192. The van der Waals surface area contributed by atoms with Gasteiger partial charge in [-0.15, -0.1) is 24.0 Å². The van der Waals surface area contributed by atoms with Gasteiger partial charge in [0, 0.05) is 25.8 Å². The summed E-state index contributed by atoms with van der Waals surface area (Å²) in [6.45, 7) is 6.43. The molecule has 8 heteroatoms. The third kappa shape index (κ3) is 9.66. The molecule has 29 heavy (non-hydrogen) atoms. The molecule has 7 nitrogen and oxygen atoms in total. The number of rotatable bonds is 10. The second kappa shape index (κ2) is 14.4. The van der Waals surface area contributed by atoms with Crippen molar-refractivity contribution in [3.8, 4) is 5.75 Å². The second-order valence-electron chi connectivity index (χ2n) is 7.03. The van der Waals surface area contributed by atoms with Gasteiger partial charge >= 0.3 is 0 Å². The number of carbonyl (C=O) groups excluding carboxylic acids is 1. The van der Waals surface area contributed by atoms with Crippen molar-refractivity contribution in [2.24, 2.45) is 4.99 Å². The van der Waals surface area contributed by atoms with Crippen LogP contribution in [0.2, 0.25) is 0 Å². The predicted octanol–water partition coefficient (Wildman–Crippen LogP) is 2.75. The molecule has 1 aromatic carbocycles. The van der Waals surface area contributed by atoms with Gasteiger partial charge in [-0.25, -0.2) is 4.99 Å². The van der Waals surface area contributed by atoms with E-state index in [1.165, 1.54) is 18.4 Å². The van der Waals surface area contributed by atoms with Crippen molar-refractivity contribution in [1.82, 2.24) is 16.0 Å². The Hall–Kier alpha value is -1.55. The van der Waals surface area contributed by atoms with Crippen LogP contribution in [0, 0.1) is 6.92 Å². The summed E-state index contributed by atoms with van der Waals surface area (Å²) in [5, 5.41) is 9.02. The molecule has 0 heterocycles. The largest absolute Gasteiger partial charge is 0.490 e. The van der Waals surface area contributed by atoms with Gasteiger partial charge in [-0.05, 0) is 51.2 Å². The number of benzene rings is 1. The van der Waals surface area contributed by atoms with Gasteiger partial charge in [0.25, 0.3) is 0 Å². The van der Waals surface area contributed by atoms with Gasteiger partial charge in [0.05, 0.1) is 25.8 Å². The molecule has 1 aliphatic carbocycles. The first-order valence-corrected chi connectivity index (χ1v) is 10.2. The highest BCUT2D eigenvalue weighted by atomic mass is 127. The minimum absolute atomic E-state index is 0. The first-order chi connectivity index (χ1) is 13.6. The van der Waals surface area contributed by atoms with Crippen LogP contribution >= 0.6 is 24.0 Å². The zero-order chi connectivity index (χ0) is 20.2. The molecule has 1 fully saturated rings. The van der Waals surface area contributed by atoms with Crippen LogP contribution in [0.4, 0.5) is 0 Å². The molecule has 0 radical (unpaired) electrons. The summed E-state index contributed by atoms with van der Waals surface area (Å²) in [6.07, 6.45) is 5.04. The number of aryl methyl sites for hydroxylation is 1. The lowest BCUT2D eigenvalue weighted by Crippen LogP contribution is -2.43. The lowest BCUT2D eigenvalue weighted by Gasteiger charge is -2.17. The van der Waals surface area contributed by atoms with Crippen LogP contribution in [-0.2, 0) is 16.1 Å². The van der Waals surface area contributed by atoms with E-state index in [-0.39, 0.29) is 36.4 Å². The highest BCUT2D eigenvalue weighted by Crippen LogP contribution is 2.28. The van der Waals surface area contributed by atoms with Crippen LogP contribution in [0.3, 0.4) is 0 Å². The van der Waals surface area contributed by atoms with E-state index in [9.17, 15) is 4.79 Å². The molecule has 3 N–H and O–H groups in total.